The topological polar surface area (TPSA) is 22.0 Å². The van der Waals surface area contributed by atoms with E-state index in [0.29, 0.717) is 6.42 Å². The number of carbonyl (C=O) groups is 1. The normalized spacial score (nSPS) is 13.3. The number of ketones is 1. The molecule has 0 saturated heterocycles. The Labute approximate surface area is 210 Å². The average molecular weight is 464 g/mol. The molecule has 6 aromatic rings. The van der Waals surface area contributed by atoms with Crippen molar-refractivity contribution in [3.05, 3.63) is 126 Å². The van der Waals surface area contributed by atoms with Gasteiger partial charge in [-0.2, -0.15) is 0 Å². The van der Waals surface area contributed by atoms with Gasteiger partial charge in [0, 0.05) is 28.4 Å². The minimum Gasteiger partial charge on any atom is -0.309 e. The second kappa shape index (κ2) is 8.35. The van der Waals surface area contributed by atoms with Crippen LogP contribution in [0.4, 0.5) is 0 Å². The molecule has 0 spiro atoms. The van der Waals surface area contributed by atoms with E-state index < -0.39 is 0 Å². The summed E-state index contributed by atoms with van der Waals surface area (Å²) in [5, 5.41) is 2.43. The molecule has 0 saturated carbocycles. The predicted octanol–water partition coefficient (Wildman–Crippen LogP) is 8.64. The van der Waals surface area contributed by atoms with Crippen LogP contribution in [0.1, 0.15) is 28.8 Å². The van der Waals surface area contributed by atoms with Gasteiger partial charge < -0.3 is 4.57 Å². The zero-order valence-electron chi connectivity index (χ0n) is 19.9. The molecule has 0 amide bonds. The molecular formula is C34H25NO. The van der Waals surface area contributed by atoms with E-state index in [1.807, 2.05) is 0 Å². The third-order valence-corrected chi connectivity index (χ3v) is 7.48. The fourth-order valence-corrected chi connectivity index (χ4v) is 5.68. The number of carbonyl (C=O) groups excluding carboxylic acids is 1. The first-order valence-corrected chi connectivity index (χ1v) is 12.6. The van der Waals surface area contributed by atoms with Crippen molar-refractivity contribution in [2.75, 3.05) is 0 Å². The highest BCUT2D eigenvalue weighted by Crippen LogP contribution is 2.37. The Morgan fingerprint density at radius 2 is 1.11 bits per heavy atom. The molecule has 2 nitrogen and oxygen atoms in total. The highest BCUT2D eigenvalue weighted by molar-refractivity contribution is 6.12. The number of aryl methyl sites for hydroxylation is 1. The lowest BCUT2D eigenvalue weighted by Crippen LogP contribution is -2.11. The molecule has 7 rings (SSSR count). The molecule has 1 heterocycles. The molecule has 0 bridgehead atoms. The number of Topliss-reactive ketones (excluding diaryl/α,β-unsaturated/α-hetero) is 1. The Hall–Kier alpha value is -4.43. The van der Waals surface area contributed by atoms with Crippen molar-refractivity contribution < 1.29 is 4.79 Å². The van der Waals surface area contributed by atoms with Gasteiger partial charge in [0.1, 0.15) is 0 Å². The quantitative estimate of drug-likeness (QED) is 0.257. The Balaban J connectivity index is 1.51. The lowest BCUT2D eigenvalue weighted by atomic mass is 9.90. The van der Waals surface area contributed by atoms with Crippen LogP contribution >= 0.6 is 0 Å². The maximum absolute atomic E-state index is 12.7. The molecule has 0 aliphatic heterocycles. The summed E-state index contributed by atoms with van der Waals surface area (Å²) >= 11 is 0. The molecule has 1 aliphatic rings. The van der Waals surface area contributed by atoms with Gasteiger partial charge in [-0.15, -0.1) is 0 Å². The molecule has 2 heteroatoms. The van der Waals surface area contributed by atoms with Crippen LogP contribution in [0.2, 0.25) is 0 Å². The summed E-state index contributed by atoms with van der Waals surface area (Å²) in [4.78, 5) is 12.7. The summed E-state index contributed by atoms with van der Waals surface area (Å²) in [6, 6.07) is 41.0. The van der Waals surface area contributed by atoms with Gasteiger partial charge in [-0.3, -0.25) is 4.79 Å². The van der Waals surface area contributed by atoms with Crippen molar-refractivity contribution in [1.82, 2.24) is 4.57 Å². The van der Waals surface area contributed by atoms with Crippen molar-refractivity contribution in [1.29, 1.82) is 0 Å². The highest BCUT2D eigenvalue weighted by atomic mass is 16.1. The maximum atomic E-state index is 12.7. The molecule has 172 valence electrons. The first kappa shape index (κ1) is 20.9. The standard InChI is InChI=1S/C34H25NO/c36-34-13-7-12-25-14-17-28(22-29(25)34)35-32-18-15-26(23-8-3-1-4-9-23)20-30(32)31-21-27(16-19-33(31)35)24-10-5-2-6-11-24/h1-6,8-11,14-22H,7,12-13H2. The minimum atomic E-state index is 0.261. The summed E-state index contributed by atoms with van der Waals surface area (Å²) in [6.45, 7) is 0. The van der Waals surface area contributed by atoms with Crippen LogP contribution < -0.4 is 0 Å². The summed E-state index contributed by atoms with van der Waals surface area (Å²) in [6.07, 6.45) is 2.57. The van der Waals surface area contributed by atoms with Gasteiger partial charge in [-0.25, -0.2) is 0 Å². The van der Waals surface area contributed by atoms with E-state index in [-0.39, 0.29) is 5.78 Å². The number of benzene rings is 5. The van der Waals surface area contributed by atoms with Crippen LogP contribution in [-0.2, 0) is 6.42 Å². The first-order valence-electron chi connectivity index (χ1n) is 12.6. The second-order valence-corrected chi connectivity index (χ2v) is 9.65. The fourth-order valence-electron chi connectivity index (χ4n) is 5.68. The minimum absolute atomic E-state index is 0.261. The van der Waals surface area contributed by atoms with E-state index in [2.05, 4.69) is 120 Å². The average Bonchev–Trinajstić information content (AvgIpc) is 3.27. The molecule has 1 aromatic heterocycles. The number of nitrogens with zero attached hydrogens (tertiary/aromatic N) is 1. The zero-order chi connectivity index (χ0) is 24.1. The Morgan fingerprint density at radius 1 is 0.528 bits per heavy atom. The van der Waals surface area contributed by atoms with Gasteiger partial charge in [-0.1, -0.05) is 78.9 Å². The molecule has 0 fully saturated rings. The number of hydrogen-bond donors (Lipinski definition) is 0. The van der Waals surface area contributed by atoms with E-state index in [1.54, 1.807) is 0 Å². The van der Waals surface area contributed by atoms with Gasteiger partial charge >= 0.3 is 0 Å². The Morgan fingerprint density at radius 3 is 1.69 bits per heavy atom. The molecule has 36 heavy (non-hydrogen) atoms. The van der Waals surface area contributed by atoms with Crippen molar-refractivity contribution in [3.63, 3.8) is 0 Å². The number of fused-ring (bicyclic) bond motifs is 4. The van der Waals surface area contributed by atoms with E-state index in [1.165, 1.54) is 38.6 Å². The van der Waals surface area contributed by atoms with Crippen molar-refractivity contribution in [2.45, 2.75) is 19.3 Å². The van der Waals surface area contributed by atoms with Gasteiger partial charge in [0.25, 0.3) is 0 Å². The number of rotatable bonds is 3. The smallest absolute Gasteiger partial charge is 0.163 e. The summed E-state index contributed by atoms with van der Waals surface area (Å²) < 4.78 is 2.32. The third kappa shape index (κ3) is 3.37. The van der Waals surface area contributed by atoms with Gasteiger partial charge in [0.05, 0.1) is 11.0 Å². The lowest BCUT2D eigenvalue weighted by Gasteiger charge is -2.17. The van der Waals surface area contributed by atoms with E-state index in [9.17, 15) is 4.79 Å². The van der Waals surface area contributed by atoms with E-state index >= 15 is 0 Å². The molecule has 1 aliphatic carbocycles. The van der Waals surface area contributed by atoms with Crippen molar-refractivity contribution >= 4 is 27.6 Å². The van der Waals surface area contributed by atoms with Crippen LogP contribution in [0.3, 0.4) is 0 Å². The van der Waals surface area contributed by atoms with Crippen LogP contribution in [0.25, 0.3) is 49.7 Å². The highest BCUT2D eigenvalue weighted by Gasteiger charge is 2.20. The SMILES string of the molecule is O=C1CCCc2ccc(-n3c4ccc(-c5ccccc5)cc4c4cc(-c5ccccc5)ccc43)cc21. The summed E-state index contributed by atoms with van der Waals surface area (Å²) in [5.41, 5.74) is 10.2. The van der Waals surface area contributed by atoms with Gasteiger partial charge in [0.2, 0.25) is 0 Å². The fraction of sp³-hybridized carbons (Fsp3) is 0.0882. The third-order valence-electron chi connectivity index (χ3n) is 7.48. The largest absolute Gasteiger partial charge is 0.309 e. The molecule has 0 unspecified atom stereocenters. The summed E-state index contributed by atoms with van der Waals surface area (Å²) in [7, 11) is 0. The van der Waals surface area contributed by atoms with Crippen LogP contribution in [0.5, 0.6) is 0 Å². The van der Waals surface area contributed by atoms with Crippen molar-refractivity contribution in [3.8, 4) is 27.9 Å². The predicted molar refractivity (Wildman–Crippen MR) is 149 cm³/mol. The monoisotopic (exact) mass is 463 g/mol. The molecule has 0 atom stereocenters. The Kier molecular flexibility index (Phi) is 4.85. The lowest BCUT2D eigenvalue weighted by molar-refractivity contribution is 0.0972. The molecule has 5 aromatic carbocycles. The zero-order valence-corrected chi connectivity index (χ0v) is 19.9. The number of aromatic nitrogens is 1. The molecular weight excluding hydrogens is 438 g/mol. The van der Waals surface area contributed by atoms with Crippen LogP contribution in [0.15, 0.2) is 115 Å². The Bertz CT molecular complexity index is 1660. The first-order chi connectivity index (χ1) is 17.8. The van der Waals surface area contributed by atoms with E-state index in [4.69, 9.17) is 0 Å². The van der Waals surface area contributed by atoms with Gasteiger partial charge in [0.15, 0.2) is 5.78 Å². The van der Waals surface area contributed by atoms with Crippen LogP contribution in [0, 0.1) is 0 Å². The summed E-state index contributed by atoms with van der Waals surface area (Å²) in [5.74, 6) is 0.261. The van der Waals surface area contributed by atoms with Crippen LogP contribution in [-0.4, -0.2) is 10.4 Å². The maximum Gasteiger partial charge on any atom is 0.163 e. The number of hydrogen-bond acceptors (Lipinski definition) is 1. The van der Waals surface area contributed by atoms with E-state index in [0.717, 1.165) is 35.1 Å². The molecule has 0 radical (unpaired) electrons. The molecule has 0 N–H and O–H groups in total. The van der Waals surface area contributed by atoms with Gasteiger partial charge in [-0.05, 0) is 77.1 Å². The second-order valence-electron chi connectivity index (χ2n) is 9.65. The van der Waals surface area contributed by atoms with Crippen molar-refractivity contribution in [2.24, 2.45) is 0 Å².